The molecule has 3 aliphatic rings. The predicted molar refractivity (Wildman–Crippen MR) is 122 cm³/mol. The molecule has 0 bridgehead atoms. The predicted octanol–water partition coefficient (Wildman–Crippen LogP) is 3.46. The van der Waals surface area contributed by atoms with E-state index in [9.17, 15) is 14.4 Å². The Labute approximate surface area is 196 Å². The van der Waals surface area contributed by atoms with E-state index in [1.165, 1.54) is 6.92 Å². The average molecular weight is 477 g/mol. The lowest BCUT2D eigenvalue weighted by atomic mass is 9.94. The molecule has 4 atom stereocenters. The normalized spacial score (nSPS) is 28.4. The molecule has 1 unspecified atom stereocenters. The fourth-order valence-electron chi connectivity index (χ4n) is 5.36. The van der Waals surface area contributed by atoms with Crippen molar-refractivity contribution in [3.8, 4) is 0 Å². The summed E-state index contributed by atoms with van der Waals surface area (Å²) in [7, 11) is 0. The number of carbonyl (C=O) groups excluding carboxylic acids is 3. The van der Waals surface area contributed by atoms with Crippen LogP contribution in [0.5, 0.6) is 0 Å². The Morgan fingerprint density at radius 2 is 2.00 bits per heavy atom. The number of fused-ring (bicyclic) bond motifs is 2. The molecule has 9 heteroatoms. The molecule has 32 heavy (non-hydrogen) atoms. The molecule has 1 aromatic heterocycles. The second kappa shape index (κ2) is 8.03. The third kappa shape index (κ3) is 4.01. The van der Waals surface area contributed by atoms with Crippen LogP contribution in [0.1, 0.15) is 55.9 Å². The van der Waals surface area contributed by atoms with Crippen LogP contribution in [-0.4, -0.2) is 54.7 Å². The van der Waals surface area contributed by atoms with E-state index >= 15 is 0 Å². The monoisotopic (exact) mass is 476 g/mol. The number of hydrogen-bond acceptors (Lipinski definition) is 4. The van der Waals surface area contributed by atoms with Crippen LogP contribution in [-0.2, 0) is 16.1 Å². The molecule has 1 saturated heterocycles. The molecule has 3 fully saturated rings. The largest absolute Gasteiger partial charge is 0.351 e. The topological polar surface area (TPSA) is 84.3 Å². The van der Waals surface area contributed by atoms with Gasteiger partial charge in [0.2, 0.25) is 11.8 Å². The summed E-state index contributed by atoms with van der Waals surface area (Å²) in [6.45, 7) is 1.47. The lowest BCUT2D eigenvalue weighted by Gasteiger charge is -2.34. The van der Waals surface area contributed by atoms with Crippen LogP contribution >= 0.6 is 23.2 Å². The number of para-hydroxylation sites is 1. The Morgan fingerprint density at radius 1 is 1.22 bits per heavy atom. The molecule has 2 heterocycles. The van der Waals surface area contributed by atoms with Crippen molar-refractivity contribution in [2.75, 3.05) is 0 Å². The standard InChI is InChI=1S/C23H26Cl2N4O3/c1-13(30)21-16-6-2-3-7-17(16)28(27-21)12-20(31)29-18-9-14(18)10-19(29)22(32)26-15-5-4-8-23(24,25)11-15/h2-3,6-7,14-15,18-19H,4-5,8-12H2,1H3,(H,26,32)/t14-,15?,18-,19+/m1/s1. The number of ketones is 1. The van der Waals surface area contributed by atoms with Gasteiger partial charge in [-0.05, 0) is 44.1 Å². The Hall–Kier alpha value is -2.12. The van der Waals surface area contributed by atoms with Crippen molar-refractivity contribution in [1.82, 2.24) is 20.0 Å². The second-order valence-corrected chi connectivity index (χ2v) is 11.0. The number of aromatic nitrogens is 2. The summed E-state index contributed by atoms with van der Waals surface area (Å²) in [6.07, 6.45) is 4.56. The molecule has 0 spiro atoms. The van der Waals surface area contributed by atoms with Crippen molar-refractivity contribution < 1.29 is 14.4 Å². The molecule has 0 radical (unpaired) electrons. The highest BCUT2D eigenvalue weighted by Gasteiger charge is 2.56. The van der Waals surface area contributed by atoms with Gasteiger partial charge in [-0.2, -0.15) is 5.10 Å². The molecule has 1 aromatic carbocycles. The summed E-state index contributed by atoms with van der Waals surface area (Å²) in [5.74, 6) is -0.0407. The first kappa shape index (κ1) is 21.7. The highest BCUT2D eigenvalue weighted by atomic mass is 35.5. The van der Waals surface area contributed by atoms with Gasteiger partial charge in [-0.15, -0.1) is 23.2 Å². The summed E-state index contributed by atoms with van der Waals surface area (Å²) in [5, 5.41) is 8.23. The first-order valence-electron chi connectivity index (χ1n) is 11.2. The number of benzene rings is 1. The van der Waals surface area contributed by atoms with Crippen molar-refractivity contribution in [1.29, 1.82) is 0 Å². The minimum atomic E-state index is -0.806. The minimum Gasteiger partial charge on any atom is -0.351 e. The van der Waals surface area contributed by atoms with Crippen molar-refractivity contribution >= 4 is 51.7 Å². The molecule has 1 N–H and O–H groups in total. The van der Waals surface area contributed by atoms with Crippen molar-refractivity contribution in [2.45, 2.75) is 74.5 Å². The number of rotatable bonds is 5. The first-order valence-corrected chi connectivity index (χ1v) is 11.9. The summed E-state index contributed by atoms with van der Waals surface area (Å²) in [6, 6.07) is 6.94. The fraction of sp³-hybridized carbons (Fsp3) is 0.565. The molecule has 2 saturated carbocycles. The van der Waals surface area contributed by atoms with Gasteiger partial charge in [-0.1, -0.05) is 18.2 Å². The maximum atomic E-state index is 13.3. The molecule has 1 aliphatic heterocycles. The van der Waals surface area contributed by atoms with Crippen molar-refractivity contribution in [3.63, 3.8) is 0 Å². The van der Waals surface area contributed by atoms with Gasteiger partial charge in [0.25, 0.3) is 0 Å². The lowest BCUT2D eigenvalue weighted by Crippen LogP contribution is -2.52. The van der Waals surface area contributed by atoms with Gasteiger partial charge in [0, 0.05) is 30.8 Å². The molecular formula is C23H26Cl2N4O3. The maximum Gasteiger partial charge on any atom is 0.245 e. The number of piperidine rings is 1. The minimum absolute atomic E-state index is 0.00328. The zero-order chi connectivity index (χ0) is 22.6. The van der Waals surface area contributed by atoms with Crippen molar-refractivity contribution in [2.24, 2.45) is 5.92 Å². The van der Waals surface area contributed by atoms with Crippen LogP contribution < -0.4 is 5.32 Å². The van der Waals surface area contributed by atoms with Gasteiger partial charge in [0.15, 0.2) is 5.78 Å². The highest BCUT2D eigenvalue weighted by molar-refractivity contribution is 6.48. The smallest absolute Gasteiger partial charge is 0.245 e. The Balaban J connectivity index is 1.33. The van der Waals surface area contributed by atoms with Gasteiger partial charge < -0.3 is 10.2 Å². The third-order valence-electron chi connectivity index (χ3n) is 6.96. The molecule has 7 nitrogen and oxygen atoms in total. The van der Waals surface area contributed by atoms with E-state index < -0.39 is 10.4 Å². The Kier molecular flexibility index (Phi) is 5.45. The van der Waals surface area contributed by atoms with Crippen LogP contribution in [0.25, 0.3) is 10.9 Å². The van der Waals surface area contributed by atoms with Crippen LogP contribution in [0.4, 0.5) is 0 Å². The molecule has 2 aromatic rings. The highest BCUT2D eigenvalue weighted by Crippen LogP contribution is 2.48. The SMILES string of the molecule is CC(=O)c1nn(CC(=O)N2[C@@H]3C[C@@H]3C[C@H]2C(=O)NC2CCCC(Cl)(Cl)C2)c2ccccc12. The number of halogens is 2. The van der Waals surface area contributed by atoms with Crippen LogP contribution in [0, 0.1) is 5.92 Å². The number of amides is 2. The molecular weight excluding hydrogens is 451 g/mol. The average Bonchev–Trinajstić information content (AvgIpc) is 3.23. The van der Waals surface area contributed by atoms with Crippen LogP contribution in [0.3, 0.4) is 0 Å². The Morgan fingerprint density at radius 3 is 2.75 bits per heavy atom. The van der Waals surface area contributed by atoms with Crippen LogP contribution in [0.2, 0.25) is 0 Å². The van der Waals surface area contributed by atoms with Gasteiger partial charge in [-0.3, -0.25) is 19.1 Å². The van der Waals surface area contributed by atoms with E-state index in [0.717, 1.165) is 36.6 Å². The van der Waals surface area contributed by atoms with Gasteiger partial charge in [-0.25, -0.2) is 0 Å². The van der Waals surface area contributed by atoms with Crippen molar-refractivity contribution in [3.05, 3.63) is 30.0 Å². The number of likely N-dealkylation sites (tertiary alicyclic amines) is 1. The van der Waals surface area contributed by atoms with Gasteiger partial charge >= 0.3 is 0 Å². The van der Waals surface area contributed by atoms with Crippen LogP contribution in [0.15, 0.2) is 24.3 Å². The van der Waals surface area contributed by atoms with Gasteiger partial charge in [0.1, 0.15) is 22.6 Å². The van der Waals surface area contributed by atoms with Gasteiger partial charge in [0.05, 0.1) is 5.52 Å². The number of Topliss-reactive ketones (excluding diaryl/α,β-unsaturated/α-hetero) is 1. The second-order valence-electron chi connectivity index (χ2n) is 9.35. The summed E-state index contributed by atoms with van der Waals surface area (Å²) >= 11 is 12.6. The molecule has 2 amide bonds. The van der Waals surface area contributed by atoms with E-state index in [1.54, 1.807) is 9.58 Å². The number of alkyl halides is 2. The quantitative estimate of drug-likeness (QED) is 0.528. The van der Waals surface area contributed by atoms with E-state index in [2.05, 4.69) is 10.4 Å². The number of carbonyl (C=O) groups is 3. The Bertz CT molecular complexity index is 1100. The summed E-state index contributed by atoms with van der Waals surface area (Å²) in [4.78, 5) is 40.2. The lowest BCUT2D eigenvalue weighted by molar-refractivity contribution is -0.140. The number of nitrogens with zero attached hydrogens (tertiary/aromatic N) is 3. The zero-order valence-corrected chi connectivity index (χ0v) is 19.4. The fourth-order valence-corrected chi connectivity index (χ4v) is 6.00. The van der Waals surface area contributed by atoms with E-state index in [4.69, 9.17) is 23.2 Å². The van der Waals surface area contributed by atoms with E-state index in [1.807, 2.05) is 24.3 Å². The zero-order valence-electron chi connectivity index (χ0n) is 17.9. The summed E-state index contributed by atoms with van der Waals surface area (Å²) in [5.41, 5.74) is 1.10. The van der Waals surface area contributed by atoms with E-state index in [-0.39, 0.29) is 36.2 Å². The molecule has 5 rings (SSSR count). The van der Waals surface area contributed by atoms with E-state index in [0.29, 0.717) is 24.5 Å². The first-order chi connectivity index (χ1) is 15.2. The third-order valence-corrected chi connectivity index (χ3v) is 7.64. The summed E-state index contributed by atoms with van der Waals surface area (Å²) < 4.78 is 0.772. The number of hydrogen-bond donors (Lipinski definition) is 1. The number of nitrogens with one attached hydrogen (secondary N) is 1. The molecule has 2 aliphatic carbocycles. The maximum absolute atomic E-state index is 13.3. The molecule has 170 valence electrons.